The van der Waals surface area contributed by atoms with Crippen LogP contribution in [-0.4, -0.2) is 26.6 Å². The Kier molecular flexibility index (Phi) is 3.57. The standard InChI is InChI=1S/C10H12IN5O/c1-16-4-3-13-10(16)9-14-6(5-17-2)7(11)8(12)15-9/h3-4H,5H2,1-2H3,(H2,12,14,15). The van der Waals surface area contributed by atoms with Crippen LogP contribution in [-0.2, 0) is 18.4 Å². The van der Waals surface area contributed by atoms with E-state index in [4.69, 9.17) is 10.5 Å². The number of aromatic nitrogens is 4. The molecule has 0 aromatic carbocycles. The zero-order valence-electron chi connectivity index (χ0n) is 9.51. The average molecular weight is 345 g/mol. The number of nitrogens with two attached hydrogens (primary N) is 1. The predicted octanol–water partition coefficient (Wildman–Crippen LogP) is 1.21. The molecule has 0 aliphatic carbocycles. The second-order valence-electron chi connectivity index (χ2n) is 3.49. The highest BCUT2D eigenvalue weighted by molar-refractivity contribution is 14.1. The van der Waals surface area contributed by atoms with Crippen molar-refractivity contribution in [3.8, 4) is 11.6 Å². The van der Waals surface area contributed by atoms with Gasteiger partial charge in [-0.05, 0) is 22.6 Å². The van der Waals surface area contributed by atoms with E-state index in [0.717, 1.165) is 9.26 Å². The first-order valence-electron chi connectivity index (χ1n) is 4.92. The summed E-state index contributed by atoms with van der Waals surface area (Å²) in [6, 6.07) is 0. The molecular formula is C10H12IN5O. The van der Waals surface area contributed by atoms with Gasteiger partial charge in [0.15, 0.2) is 11.6 Å². The molecule has 2 heterocycles. The molecule has 0 bridgehead atoms. The van der Waals surface area contributed by atoms with Crippen molar-refractivity contribution in [1.29, 1.82) is 0 Å². The average Bonchev–Trinajstić information content (AvgIpc) is 2.71. The van der Waals surface area contributed by atoms with Gasteiger partial charge >= 0.3 is 0 Å². The molecule has 0 unspecified atom stereocenters. The molecular weight excluding hydrogens is 333 g/mol. The molecule has 0 radical (unpaired) electrons. The number of nitrogen functional groups attached to an aromatic ring is 1. The van der Waals surface area contributed by atoms with Crippen molar-refractivity contribution in [2.45, 2.75) is 6.61 Å². The number of anilines is 1. The van der Waals surface area contributed by atoms with Gasteiger partial charge in [0.2, 0.25) is 0 Å². The lowest BCUT2D eigenvalue weighted by atomic mass is 10.4. The van der Waals surface area contributed by atoms with Crippen LogP contribution >= 0.6 is 22.6 Å². The SMILES string of the molecule is COCc1nc(-c2nccn2C)nc(N)c1I. The van der Waals surface area contributed by atoms with Gasteiger partial charge in [-0.1, -0.05) is 0 Å². The van der Waals surface area contributed by atoms with Crippen molar-refractivity contribution in [1.82, 2.24) is 19.5 Å². The quantitative estimate of drug-likeness (QED) is 0.846. The number of aryl methyl sites for hydroxylation is 1. The number of nitrogens with zero attached hydrogens (tertiary/aromatic N) is 4. The number of rotatable bonds is 3. The van der Waals surface area contributed by atoms with E-state index in [9.17, 15) is 0 Å². The highest BCUT2D eigenvalue weighted by Crippen LogP contribution is 2.21. The smallest absolute Gasteiger partial charge is 0.198 e. The Balaban J connectivity index is 2.53. The molecule has 0 amide bonds. The summed E-state index contributed by atoms with van der Waals surface area (Å²) in [6.07, 6.45) is 3.53. The highest BCUT2D eigenvalue weighted by atomic mass is 127. The van der Waals surface area contributed by atoms with Gasteiger partial charge in [0, 0.05) is 26.6 Å². The zero-order chi connectivity index (χ0) is 12.4. The highest BCUT2D eigenvalue weighted by Gasteiger charge is 2.13. The summed E-state index contributed by atoms with van der Waals surface area (Å²) in [7, 11) is 3.50. The van der Waals surface area contributed by atoms with Crippen molar-refractivity contribution in [3.05, 3.63) is 21.7 Å². The second-order valence-corrected chi connectivity index (χ2v) is 4.57. The lowest BCUT2D eigenvalue weighted by Gasteiger charge is -2.08. The molecule has 0 aliphatic rings. The van der Waals surface area contributed by atoms with Gasteiger partial charge in [-0.3, -0.25) is 0 Å². The molecule has 0 spiro atoms. The van der Waals surface area contributed by atoms with Crippen LogP contribution in [0.4, 0.5) is 5.82 Å². The monoisotopic (exact) mass is 345 g/mol. The van der Waals surface area contributed by atoms with E-state index in [1.165, 1.54) is 0 Å². The van der Waals surface area contributed by atoms with Crippen LogP contribution in [0.1, 0.15) is 5.69 Å². The fraction of sp³-hybridized carbons (Fsp3) is 0.300. The van der Waals surface area contributed by atoms with Gasteiger partial charge in [-0.15, -0.1) is 0 Å². The zero-order valence-corrected chi connectivity index (χ0v) is 11.7. The molecule has 17 heavy (non-hydrogen) atoms. The summed E-state index contributed by atoms with van der Waals surface area (Å²) < 4.78 is 7.76. The summed E-state index contributed by atoms with van der Waals surface area (Å²) in [4.78, 5) is 12.9. The topological polar surface area (TPSA) is 78.9 Å². The summed E-state index contributed by atoms with van der Waals surface area (Å²) in [6.45, 7) is 0.405. The Morgan fingerprint density at radius 2 is 2.24 bits per heavy atom. The largest absolute Gasteiger partial charge is 0.383 e. The fourth-order valence-electron chi connectivity index (χ4n) is 1.43. The van der Waals surface area contributed by atoms with Crippen molar-refractivity contribution in [2.24, 2.45) is 7.05 Å². The molecule has 0 aliphatic heterocycles. The molecule has 0 atom stereocenters. The minimum atomic E-state index is 0.405. The fourth-order valence-corrected chi connectivity index (χ4v) is 1.82. The van der Waals surface area contributed by atoms with E-state index >= 15 is 0 Å². The second kappa shape index (κ2) is 4.96. The van der Waals surface area contributed by atoms with Gasteiger partial charge < -0.3 is 15.0 Å². The number of ether oxygens (including phenoxy) is 1. The van der Waals surface area contributed by atoms with Crippen LogP contribution in [0.5, 0.6) is 0 Å². The normalized spacial score (nSPS) is 10.8. The van der Waals surface area contributed by atoms with Crippen LogP contribution in [0.3, 0.4) is 0 Å². The Morgan fingerprint density at radius 3 is 2.82 bits per heavy atom. The first-order valence-corrected chi connectivity index (χ1v) is 6.00. The summed E-state index contributed by atoms with van der Waals surface area (Å²) in [5.74, 6) is 1.65. The molecule has 0 fully saturated rings. The minimum Gasteiger partial charge on any atom is -0.383 e. The maximum Gasteiger partial charge on any atom is 0.198 e. The first-order chi connectivity index (χ1) is 8.13. The van der Waals surface area contributed by atoms with Gasteiger partial charge in [-0.25, -0.2) is 15.0 Å². The third-order valence-corrected chi connectivity index (χ3v) is 3.42. The van der Waals surface area contributed by atoms with E-state index in [-0.39, 0.29) is 0 Å². The van der Waals surface area contributed by atoms with Crippen molar-refractivity contribution in [2.75, 3.05) is 12.8 Å². The summed E-state index contributed by atoms with van der Waals surface area (Å²) in [5, 5.41) is 0. The van der Waals surface area contributed by atoms with Crippen LogP contribution in [0.15, 0.2) is 12.4 Å². The van der Waals surface area contributed by atoms with Gasteiger partial charge in [-0.2, -0.15) is 0 Å². The summed E-state index contributed by atoms with van der Waals surface area (Å²) >= 11 is 2.11. The van der Waals surface area contributed by atoms with Crippen LogP contribution in [0.25, 0.3) is 11.6 Å². The van der Waals surface area contributed by atoms with Crippen LogP contribution in [0.2, 0.25) is 0 Å². The molecule has 2 rings (SSSR count). The molecule has 0 saturated heterocycles. The molecule has 2 N–H and O–H groups in total. The molecule has 2 aromatic heterocycles. The van der Waals surface area contributed by atoms with Crippen LogP contribution < -0.4 is 5.73 Å². The predicted molar refractivity (Wildman–Crippen MR) is 72.1 cm³/mol. The number of methoxy groups -OCH3 is 1. The molecule has 6 nitrogen and oxygen atoms in total. The maximum atomic E-state index is 5.86. The number of imidazole rings is 1. The van der Waals surface area contributed by atoms with E-state index in [2.05, 4.69) is 37.5 Å². The van der Waals surface area contributed by atoms with Crippen LogP contribution in [0, 0.1) is 3.57 Å². The van der Waals surface area contributed by atoms with E-state index < -0.39 is 0 Å². The Morgan fingerprint density at radius 1 is 1.47 bits per heavy atom. The van der Waals surface area contributed by atoms with Gasteiger partial charge in [0.1, 0.15) is 5.82 Å². The first kappa shape index (κ1) is 12.2. The maximum absolute atomic E-state index is 5.86. The van der Waals surface area contributed by atoms with E-state index in [0.29, 0.717) is 24.1 Å². The number of hydrogen-bond donors (Lipinski definition) is 1. The number of halogens is 1. The van der Waals surface area contributed by atoms with E-state index in [1.807, 2.05) is 17.8 Å². The van der Waals surface area contributed by atoms with Gasteiger partial charge in [0.25, 0.3) is 0 Å². The molecule has 0 saturated carbocycles. The molecule has 90 valence electrons. The Bertz CT molecular complexity index is 539. The third kappa shape index (κ3) is 2.39. The van der Waals surface area contributed by atoms with Crippen molar-refractivity contribution >= 4 is 28.4 Å². The van der Waals surface area contributed by atoms with E-state index in [1.54, 1.807) is 13.3 Å². The lowest BCUT2D eigenvalue weighted by molar-refractivity contribution is 0.181. The van der Waals surface area contributed by atoms with Crippen molar-refractivity contribution in [3.63, 3.8) is 0 Å². The molecule has 7 heteroatoms. The summed E-state index contributed by atoms with van der Waals surface area (Å²) in [5.41, 5.74) is 6.63. The minimum absolute atomic E-state index is 0.405. The molecule has 2 aromatic rings. The Labute approximate surface area is 112 Å². The third-order valence-electron chi connectivity index (χ3n) is 2.25. The lowest BCUT2D eigenvalue weighted by Crippen LogP contribution is -2.07. The van der Waals surface area contributed by atoms with Gasteiger partial charge in [0.05, 0.1) is 15.9 Å². The Hall–Kier alpha value is -1.22. The van der Waals surface area contributed by atoms with Crippen molar-refractivity contribution < 1.29 is 4.74 Å². The number of hydrogen-bond acceptors (Lipinski definition) is 5.